The lowest BCUT2D eigenvalue weighted by molar-refractivity contribution is 0.524. The van der Waals surface area contributed by atoms with Gasteiger partial charge >= 0.3 is 0 Å². The second-order valence-electron chi connectivity index (χ2n) is 3.69. The van der Waals surface area contributed by atoms with Gasteiger partial charge in [0.15, 0.2) is 8.32 Å². The fraction of sp³-hybridized carbons (Fsp3) is 1.00. The van der Waals surface area contributed by atoms with E-state index < -0.39 is 8.32 Å². The summed E-state index contributed by atoms with van der Waals surface area (Å²) in [6, 6.07) is 1.06. The third-order valence-corrected chi connectivity index (χ3v) is 3.18. The maximum Gasteiger partial charge on any atom is 0.182 e. The van der Waals surface area contributed by atoms with E-state index >= 15 is 0 Å². The summed E-state index contributed by atoms with van der Waals surface area (Å²) in [5.74, 6) is 0. The third-order valence-electron chi connectivity index (χ3n) is 1.66. The molecule has 0 aliphatic rings. The van der Waals surface area contributed by atoms with Crippen molar-refractivity contribution in [2.45, 2.75) is 38.0 Å². The lowest BCUT2D eigenvalue weighted by Gasteiger charge is -2.16. The minimum absolute atomic E-state index is 0.180. The van der Waals surface area contributed by atoms with E-state index in [9.17, 15) is 4.80 Å². The van der Waals surface area contributed by atoms with Gasteiger partial charge in [-0.05, 0) is 38.5 Å². The van der Waals surface area contributed by atoms with Gasteiger partial charge in [0.1, 0.15) is 0 Å². The van der Waals surface area contributed by atoms with Crippen molar-refractivity contribution < 1.29 is 4.80 Å². The molecule has 0 aliphatic heterocycles. The number of rotatable bonds is 5. The van der Waals surface area contributed by atoms with Crippen LogP contribution in [-0.2, 0) is 0 Å². The smallest absolute Gasteiger partial charge is 0.182 e. The predicted molar refractivity (Wildman–Crippen MR) is 50.8 cm³/mol. The predicted octanol–water partition coefficient (Wildman–Crippen LogP) is 0.250. The van der Waals surface area contributed by atoms with Crippen LogP contribution in [-0.4, -0.2) is 25.7 Å². The Labute approximate surface area is 69.9 Å². The van der Waals surface area contributed by atoms with E-state index in [-0.39, 0.29) is 6.04 Å². The zero-order valence-corrected chi connectivity index (χ0v) is 8.51. The van der Waals surface area contributed by atoms with Crippen LogP contribution in [0.5, 0.6) is 0 Å². The second-order valence-corrected chi connectivity index (χ2v) is 7.81. The average molecular weight is 176 g/mol. The molecule has 1 unspecified atom stereocenters. The highest BCUT2D eigenvalue weighted by Crippen LogP contribution is 2.10. The first-order chi connectivity index (χ1) is 4.95. The fourth-order valence-corrected chi connectivity index (χ4v) is 1.97. The largest absolute Gasteiger partial charge is 0.432 e. The molecule has 1 atom stereocenters. The van der Waals surface area contributed by atoms with Crippen molar-refractivity contribution in [2.75, 3.05) is 6.54 Å². The Balaban J connectivity index is 3.38. The van der Waals surface area contributed by atoms with Gasteiger partial charge in [0.05, 0.1) is 0 Å². The van der Waals surface area contributed by atoms with Gasteiger partial charge in [-0.25, -0.2) is 0 Å². The fourth-order valence-electron chi connectivity index (χ4n) is 0.897. The first-order valence-electron chi connectivity index (χ1n) is 4.14. The van der Waals surface area contributed by atoms with E-state index in [1.165, 1.54) is 0 Å². The van der Waals surface area contributed by atoms with Crippen LogP contribution in [0.4, 0.5) is 0 Å². The van der Waals surface area contributed by atoms with Crippen molar-refractivity contribution in [3.05, 3.63) is 0 Å². The third kappa shape index (κ3) is 8.00. The van der Waals surface area contributed by atoms with Crippen LogP contribution >= 0.6 is 0 Å². The Morgan fingerprint density at radius 2 is 1.91 bits per heavy atom. The summed E-state index contributed by atoms with van der Waals surface area (Å²) in [5, 5.41) is 0. The highest BCUT2D eigenvalue weighted by molar-refractivity contribution is 6.69. The highest BCUT2D eigenvalue weighted by Gasteiger charge is 2.17. The van der Waals surface area contributed by atoms with E-state index in [0.29, 0.717) is 6.54 Å². The van der Waals surface area contributed by atoms with Crippen molar-refractivity contribution in [3.63, 3.8) is 0 Å². The lowest BCUT2D eigenvalue weighted by atomic mass is 10.2. The average Bonchev–Trinajstić information content (AvgIpc) is 1.83. The van der Waals surface area contributed by atoms with Gasteiger partial charge in [-0.1, -0.05) is 0 Å². The molecule has 68 valence electrons. The standard InChI is InChI=1S/C7H20N2OSi/c1-11(2,10)6-4-7(9)3-5-8/h7,10H,3-6,8-9H2,1-2H3. The molecule has 0 heterocycles. The molecule has 0 amide bonds. The monoisotopic (exact) mass is 176 g/mol. The Hall–Kier alpha value is 0.0969. The maximum absolute atomic E-state index is 9.49. The summed E-state index contributed by atoms with van der Waals surface area (Å²) in [7, 11) is -1.87. The normalized spacial score (nSPS) is 15.0. The molecule has 0 aromatic carbocycles. The molecule has 0 rings (SSSR count). The van der Waals surface area contributed by atoms with Crippen molar-refractivity contribution in [3.8, 4) is 0 Å². The molecule has 11 heavy (non-hydrogen) atoms. The van der Waals surface area contributed by atoms with Gasteiger partial charge in [-0.3, -0.25) is 0 Å². The lowest BCUT2D eigenvalue weighted by Crippen LogP contribution is -2.30. The van der Waals surface area contributed by atoms with Crippen molar-refractivity contribution in [2.24, 2.45) is 11.5 Å². The van der Waals surface area contributed by atoms with Crippen LogP contribution in [0.2, 0.25) is 19.1 Å². The minimum atomic E-state index is -1.87. The number of nitrogens with two attached hydrogens (primary N) is 2. The van der Waals surface area contributed by atoms with E-state index in [2.05, 4.69) is 0 Å². The topological polar surface area (TPSA) is 72.3 Å². The molecular weight excluding hydrogens is 156 g/mol. The SMILES string of the molecule is C[Si](C)(O)CCC(N)CCN. The summed E-state index contributed by atoms with van der Waals surface area (Å²) in [6.07, 6.45) is 1.78. The maximum atomic E-state index is 9.49. The molecule has 0 radical (unpaired) electrons. The molecule has 0 saturated carbocycles. The van der Waals surface area contributed by atoms with Crippen LogP contribution in [0, 0.1) is 0 Å². The number of hydrogen-bond donors (Lipinski definition) is 3. The van der Waals surface area contributed by atoms with Gasteiger partial charge < -0.3 is 16.3 Å². The summed E-state index contributed by atoms with van der Waals surface area (Å²) >= 11 is 0. The van der Waals surface area contributed by atoms with Gasteiger partial charge in [0, 0.05) is 6.04 Å². The molecule has 0 aliphatic carbocycles. The van der Waals surface area contributed by atoms with Crippen molar-refractivity contribution >= 4 is 8.32 Å². The minimum Gasteiger partial charge on any atom is -0.432 e. The highest BCUT2D eigenvalue weighted by atomic mass is 28.4. The summed E-state index contributed by atoms with van der Waals surface area (Å²) in [4.78, 5) is 9.49. The second kappa shape index (κ2) is 4.87. The molecule has 4 heteroatoms. The van der Waals surface area contributed by atoms with Crippen molar-refractivity contribution in [1.29, 1.82) is 0 Å². The van der Waals surface area contributed by atoms with E-state index in [1.54, 1.807) is 0 Å². The van der Waals surface area contributed by atoms with Gasteiger partial charge in [-0.15, -0.1) is 0 Å². The van der Waals surface area contributed by atoms with Gasteiger partial charge in [0.2, 0.25) is 0 Å². The van der Waals surface area contributed by atoms with E-state index in [0.717, 1.165) is 18.9 Å². The molecule has 0 bridgehead atoms. The van der Waals surface area contributed by atoms with Gasteiger partial charge in [0.25, 0.3) is 0 Å². The van der Waals surface area contributed by atoms with Crippen LogP contribution in [0.15, 0.2) is 0 Å². The van der Waals surface area contributed by atoms with Gasteiger partial charge in [-0.2, -0.15) is 0 Å². The summed E-state index contributed by atoms with van der Waals surface area (Å²) in [6.45, 7) is 4.51. The first-order valence-corrected chi connectivity index (χ1v) is 7.29. The molecule has 0 aromatic heterocycles. The molecule has 0 fully saturated rings. The quantitative estimate of drug-likeness (QED) is 0.526. The van der Waals surface area contributed by atoms with Crippen LogP contribution in [0.3, 0.4) is 0 Å². The molecule has 0 aromatic rings. The Morgan fingerprint density at radius 3 is 2.27 bits per heavy atom. The Morgan fingerprint density at radius 1 is 1.36 bits per heavy atom. The zero-order valence-electron chi connectivity index (χ0n) is 7.51. The summed E-state index contributed by atoms with van der Waals surface area (Å²) in [5.41, 5.74) is 11.1. The zero-order chi connectivity index (χ0) is 8.91. The molecule has 5 N–H and O–H groups in total. The summed E-state index contributed by atoms with van der Waals surface area (Å²) < 4.78 is 0. The number of hydrogen-bond acceptors (Lipinski definition) is 3. The van der Waals surface area contributed by atoms with E-state index in [1.807, 2.05) is 13.1 Å². The van der Waals surface area contributed by atoms with Crippen LogP contribution in [0.25, 0.3) is 0 Å². The Kier molecular flexibility index (Phi) is 4.91. The molecular formula is C7H20N2OSi. The van der Waals surface area contributed by atoms with Crippen molar-refractivity contribution in [1.82, 2.24) is 0 Å². The first kappa shape index (κ1) is 11.1. The molecule has 0 saturated heterocycles. The van der Waals surface area contributed by atoms with E-state index in [4.69, 9.17) is 11.5 Å². The molecule has 0 spiro atoms. The van der Waals surface area contributed by atoms with Crippen LogP contribution in [0.1, 0.15) is 12.8 Å². The van der Waals surface area contributed by atoms with Crippen LogP contribution < -0.4 is 11.5 Å². The Bertz CT molecular complexity index is 103. The molecule has 3 nitrogen and oxygen atoms in total.